The topological polar surface area (TPSA) is 48.9 Å². The van der Waals surface area contributed by atoms with E-state index in [1.807, 2.05) is 12.1 Å². The van der Waals surface area contributed by atoms with Gasteiger partial charge in [-0.1, -0.05) is 22.0 Å². The molecule has 0 unspecified atom stereocenters. The zero-order valence-corrected chi connectivity index (χ0v) is 17.9. The molecule has 0 radical (unpaired) electrons. The highest BCUT2D eigenvalue weighted by atomic mass is 79.9. The van der Waals surface area contributed by atoms with Crippen LogP contribution in [0.15, 0.2) is 27.7 Å². The lowest BCUT2D eigenvalue weighted by Crippen LogP contribution is -2.39. The van der Waals surface area contributed by atoms with Crippen LogP contribution >= 0.6 is 15.9 Å². The molecule has 0 bridgehead atoms. The van der Waals surface area contributed by atoms with Crippen LogP contribution in [-0.2, 0) is 11.2 Å². The Morgan fingerprint density at radius 2 is 2.04 bits per heavy atom. The molecule has 1 saturated heterocycles. The number of hydrogen-bond acceptors (Lipinski definition) is 3. The summed E-state index contributed by atoms with van der Waals surface area (Å²) in [4.78, 5) is 7.06. The summed E-state index contributed by atoms with van der Waals surface area (Å²) < 4.78 is 20.0. The Hall–Kier alpha value is -1.18. The highest BCUT2D eigenvalue weighted by Gasteiger charge is 2.09. The van der Waals surface area contributed by atoms with E-state index in [2.05, 4.69) is 43.4 Å². The van der Waals surface area contributed by atoms with Crippen molar-refractivity contribution in [2.45, 2.75) is 32.6 Å². The number of aryl methyl sites for hydroxylation is 1. The van der Waals surface area contributed by atoms with Crippen LogP contribution in [-0.4, -0.2) is 63.3 Å². The predicted octanol–water partition coefficient (Wildman–Crippen LogP) is 3.19. The van der Waals surface area contributed by atoms with Gasteiger partial charge in [-0.3, -0.25) is 9.89 Å². The molecule has 2 rings (SSSR count). The second-order valence-corrected chi connectivity index (χ2v) is 7.60. The molecule has 0 spiro atoms. The fraction of sp³-hybridized carbons (Fsp3) is 0.650. The van der Waals surface area contributed by atoms with Gasteiger partial charge in [0.15, 0.2) is 5.96 Å². The maximum Gasteiger partial charge on any atom is 0.191 e. The molecule has 1 heterocycles. The summed E-state index contributed by atoms with van der Waals surface area (Å²) in [5.41, 5.74) is 0.745. The van der Waals surface area contributed by atoms with Crippen molar-refractivity contribution in [3.63, 3.8) is 0 Å². The molecule has 0 amide bonds. The number of ether oxygens (including phenoxy) is 1. The number of unbranched alkanes of at least 4 members (excludes halogenated alkanes) is 1. The number of benzene rings is 1. The molecule has 1 aromatic carbocycles. The first-order chi connectivity index (χ1) is 13.2. The summed E-state index contributed by atoms with van der Waals surface area (Å²) in [6.45, 7) is 9.45. The molecule has 0 atom stereocenters. The van der Waals surface area contributed by atoms with Crippen LogP contribution in [0.1, 0.15) is 31.7 Å². The van der Waals surface area contributed by atoms with E-state index in [0.29, 0.717) is 13.0 Å². The van der Waals surface area contributed by atoms with E-state index in [4.69, 9.17) is 4.74 Å². The van der Waals surface area contributed by atoms with Crippen molar-refractivity contribution in [2.24, 2.45) is 4.99 Å². The van der Waals surface area contributed by atoms with Gasteiger partial charge < -0.3 is 15.4 Å². The number of nitrogens with zero attached hydrogens (tertiary/aromatic N) is 2. The monoisotopic (exact) mass is 442 g/mol. The normalized spacial score (nSPS) is 15.7. The van der Waals surface area contributed by atoms with Crippen molar-refractivity contribution in [2.75, 3.05) is 52.5 Å². The quantitative estimate of drug-likeness (QED) is 0.331. The van der Waals surface area contributed by atoms with E-state index in [9.17, 15) is 4.39 Å². The number of aliphatic imine (C=N–C) groups is 1. The van der Waals surface area contributed by atoms with Gasteiger partial charge in [0.25, 0.3) is 0 Å². The Balaban J connectivity index is 1.62. The summed E-state index contributed by atoms with van der Waals surface area (Å²) in [5.74, 6) is 0.693. The van der Waals surface area contributed by atoms with E-state index >= 15 is 0 Å². The fourth-order valence-electron chi connectivity index (χ4n) is 3.02. The Morgan fingerprint density at radius 1 is 1.22 bits per heavy atom. The summed E-state index contributed by atoms with van der Waals surface area (Å²) in [6.07, 6.45) is 3.81. The number of nitrogens with one attached hydrogen (secondary N) is 2. The molecule has 1 aromatic rings. The summed E-state index contributed by atoms with van der Waals surface area (Å²) in [5, 5.41) is 6.66. The lowest BCUT2D eigenvalue weighted by atomic mass is 10.1. The molecule has 1 fully saturated rings. The van der Waals surface area contributed by atoms with Gasteiger partial charge in [-0.05, 0) is 56.8 Å². The third-order valence-corrected chi connectivity index (χ3v) is 5.02. The zero-order valence-electron chi connectivity index (χ0n) is 16.3. The van der Waals surface area contributed by atoms with E-state index in [1.54, 1.807) is 0 Å². The summed E-state index contributed by atoms with van der Waals surface area (Å²) >= 11 is 3.29. The molecule has 0 aliphatic carbocycles. The molecule has 2 N–H and O–H groups in total. The third-order valence-electron chi connectivity index (χ3n) is 4.53. The number of halogens is 2. The number of rotatable bonds is 10. The van der Waals surface area contributed by atoms with Crippen molar-refractivity contribution >= 4 is 21.9 Å². The molecule has 0 aromatic heterocycles. The SMILES string of the molecule is CCNC(=NCCCc1ccc(Br)cc1F)NCCCCN1CCOCC1. The van der Waals surface area contributed by atoms with Crippen molar-refractivity contribution in [1.29, 1.82) is 0 Å². The van der Waals surface area contributed by atoms with E-state index < -0.39 is 0 Å². The van der Waals surface area contributed by atoms with Crippen molar-refractivity contribution < 1.29 is 9.13 Å². The van der Waals surface area contributed by atoms with Crippen LogP contribution in [0.2, 0.25) is 0 Å². The lowest BCUT2D eigenvalue weighted by Gasteiger charge is -2.26. The van der Waals surface area contributed by atoms with E-state index in [0.717, 1.165) is 74.8 Å². The Kier molecular flexibility index (Phi) is 10.7. The van der Waals surface area contributed by atoms with Crippen LogP contribution in [0.25, 0.3) is 0 Å². The third kappa shape index (κ3) is 9.04. The molecule has 1 aliphatic heterocycles. The molecule has 7 heteroatoms. The molecule has 5 nitrogen and oxygen atoms in total. The minimum Gasteiger partial charge on any atom is -0.379 e. The summed E-state index contributed by atoms with van der Waals surface area (Å²) in [6, 6.07) is 5.23. The molecule has 27 heavy (non-hydrogen) atoms. The molecule has 152 valence electrons. The Morgan fingerprint density at radius 3 is 2.78 bits per heavy atom. The van der Waals surface area contributed by atoms with Crippen LogP contribution in [0.3, 0.4) is 0 Å². The van der Waals surface area contributed by atoms with Gasteiger partial charge in [-0.25, -0.2) is 4.39 Å². The maximum atomic E-state index is 13.8. The standard InChI is InChI=1S/C20H32BrFN4O/c1-2-23-20(24-9-3-4-11-26-12-14-27-15-13-26)25-10-5-6-17-7-8-18(21)16-19(17)22/h7-8,16H,2-6,9-15H2,1H3,(H2,23,24,25). The smallest absolute Gasteiger partial charge is 0.191 e. The zero-order chi connectivity index (χ0) is 19.3. The molecular weight excluding hydrogens is 411 g/mol. The average molecular weight is 443 g/mol. The predicted molar refractivity (Wildman–Crippen MR) is 113 cm³/mol. The average Bonchev–Trinajstić information content (AvgIpc) is 2.67. The van der Waals surface area contributed by atoms with Gasteiger partial charge in [-0.2, -0.15) is 0 Å². The molecule has 0 saturated carbocycles. The lowest BCUT2D eigenvalue weighted by molar-refractivity contribution is 0.0372. The van der Waals surface area contributed by atoms with Crippen LogP contribution in [0, 0.1) is 5.82 Å². The highest BCUT2D eigenvalue weighted by Crippen LogP contribution is 2.16. The minimum atomic E-state index is -0.154. The van der Waals surface area contributed by atoms with Crippen LogP contribution in [0.4, 0.5) is 4.39 Å². The van der Waals surface area contributed by atoms with Gasteiger partial charge in [0, 0.05) is 37.2 Å². The number of morpholine rings is 1. The highest BCUT2D eigenvalue weighted by molar-refractivity contribution is 9.10. The minimum absolute atomic E-state index is 0.154. The Bertz CT molecular complexity index is 579. The van der Waals surface area contributed by atoms with Crippen LogP contribution in [0.5, 0.6) is 0 Å². The second-order valence-electron chi connectivity index (χ2n) is 6.69. The first-order valence-corrected chi connectivity index (χ1v) is 10.7. The largest absolute Gasteiger partial charge is 0.379 e. The number of guanidine groups is 1. The van der Waals surface area contributed by atoms with Gasteiger partial charge in [0.2, 0.25) is 0 Å². The van der Waals surface area contributed by atoms with Gasteiger partial charge in [-0.15, -0.1) is 0 Å². The summed E-state index contributed by atoms with van der Waals surface area (Å²) in [7, 11) is 0. The van der Waals surface area contributed by atoms with Crippen LogP contribution < -0.4 is 10.6 Å². The van der Waals surface area contributed by atoms with Gasteiger partial charge >= 0.3 is 0 Å². The second kappa shape index (κ2) is 13.1. The van der Waals surface area contributed by atoms with E-state index in [-0.39, 0.29) is 5.82 Å². The van der Waals surface area contributed by atoms with Gasteiger partial charge in [0.1, 0.15) is 5.82 Å². The first kappa shape index (κ1) is 22.1. The van der Waals surface area contributed by atoms with Gasteiger partial charge in [0.05, 0.1) is 13.2 Å². The van der Waals surface area contributed by atoms with Crippen molar-refractivity contribution in [3.8, 4) is 0 Å². The Labute approximate surface area is 170 Å². The van der Waals surface area contributed by atoms with Crippen molar-refractivity contribution in [1.82, 2.24) is 15.5 Å². The number of hydrogen-bond donors (Lipinski definition) is 2. The van der Waals surface area contributed by atoms with E-state index in [1.165, 1.54) is 12.5 Å². The maximum absolute atomic E-state index is 13.8. The fourth-order valence-corrected chi connectivity index (χ4v) is 3.35. The first-order valence-electron chi connectivity index (χ1n) is 9.95. The molecule has 1 aliphatic rings. The molecular formula is C20H32BrFN4O. The van der Waals surface area contributed by atoms with Crippen molar-refractivity contribution in [3.05, 3.63) is 34.1 Å².